The normalized spacial score (nSPS) is 18.0. The summed E-state index contributed by atoms with van der Waals surface area (Å²) in [5, 5.41) is 20.9. The topological polar surface area (TPSA) is 206 Å². The quantitative estimate of drug-likeness (QED) is 0.0788. The first-order valence-corrected chi connectivity index (χ1v) is 19.7. The number of hydrogen-bond acceptors (Lipinski definition) is 12. The van der Waals surface area contributed by atoms with Gasteiger partial charge in [-0.05, 0) is 83.2 Å². The van der Waals surface area contributed by atoms with E-state index in [1.165, 1.54) is 10.7 Å². The molecule has 4 fully saturated rings. The number of carbonyl (C=O) groups excluding carboxylic acids is 5. The Bertz CT molecular complexity index is 2650. The number of nitrogens with zero attached hydrogens (tertiary/aromatic N) is 7. The molecule has 59 heavy (non-hydrogen) atoms. The van der Waals surface area contributed by atoms with Gasteiger partial charge in [0.2, 0.25) is 11.8 Å². The van der Waals surface area contributed by atoms with E-state index in [0.717, 1.165) is 42.8 Å². The van der Waals surface area contributed by atoms with Crippen molar-refractivity contribution in [2.75, 3.05) is 15.5 Å². The van der Waals surface area contributed by atoms with E-state index in [-0.39, 0.29) is 41.8 Å². The maximum absolute atomic E-state index is 12.9. The Balaban J connectivity index is 0.000000164. The standard InChI is InChI=1S/C21H19ClN6O2.C19H20ClN5O4/c1-11-2-3-14(22)8-16(11)25-17-9-18(24-15-4-5-15)28-20(26-17)13(10-23-28)6-12-7-19(29)27-21(12)30;1-19(2,3)29-18(28)24(12-4-5-12)15-8-13(20)22-16-11(9-21-25(15)16)6-10-7-14(26)23-17(10)27/h2-3,6,8-10,15,24H,4-5,7H2,1H3,(H,25,26)(H,27,29,30);6,8-9,12H,4-5,7H2,1-3H3,(H,23,26,27)/b12-6+;10-6+. The van der Waals surface area contributed by atoms with Crippen molar-refractivity contribution < 1.29 is 28.7 Å². The van der Waals surface area contributed by atoms with E-state index in [2.05, 4.69) is 36.4 Å². The number of aromatic nitrogens is 6. The van der Waals surface area contributed by atoms with Crippen molar-refractivity contribution in [2.24, 2.45) is 0 Å². The molecule has 5 amide bonds. The fourth-order valence-corrected chi connectivity index (χ4v) is 6.80. The number of aryl methyl sites for hydroxylation is 1. The van der Waals surface area contributed by atoms with Gasteiger partial charge in [0.25, 0.3) is 11.8 Å². The first kappa shape index (κ1) is 39.5. The number of halogens is 2. The molecule has 5 aromatic rings. The lowest BCUT2D eigenvalue weighted by molar-refractivity contribution is -0.125. The molecule has 0 bridgehead atoms. The number of benzene rings is 1. The highest BCUT2D eigenvalue weighted by atomic mass is 35.5. The summed E-state index contributed by atoms with van der Waals surface area (Å²) in [5.74, 6) is 0.405. The van der Waals surface area contributed by atoms with E-state index in [1.54, 1.807) is 54.6 Å². The number of hydrogen-bond donors (Lipinski definition) is 4. The maximum atomic E-state index is 12.9. The second-order valence-corrected chi connectivity index (χ2v) is 16.5. The van der Waals surface area contributed by atoms with Gasteiger partial charge in [-0.15, -0.1) is 0 Å². The monoisotopic (exact) mass is 839 g/mol. The van der Waals surface area contributed by atoms with Gasteiger partial charge < -0.3 is 15.4 Å². The minimum Gasteiger partial charge on any atom is -0.443 e. The number of amides is 5. The van der Waals surface area contributed by atoms with Crippen LogP contribution in [0.5, 0.6) is 0 Å². The summed E-state index contributed by atoms with van der Waals surface area (Å²) in [5.41, 5.74) is 4.11. The molecule has 17 nitrogen and oxygen atoms in total. The second kappa shape index (κ2) is 15.4. The molecule has 1 aromatic carbocycles. The summed E-state index contributed by atoms with van der Waals surface area (Å²) < 4.78 is 8.78. The highest BCUT2D eigenvalue weighted by Gasteiger charge is 2.38. The van der Waals surface area contributed by atoms with Crippen LogP contribution in [0.2, 0.25) is 10.2 Å². The Morgan fingerprint density at radius 2 is 1.47 bits per heavy atom. The zero-order valence-electron chi connectivity index (χ0n) is 32.4. The molecule has 2 aliphatic heterocycles. The van der Waals surface area contributed by atoms with Gasteiger partial charge in [-0.25, -0.2) is 14.8 Å². The Hall–Kier alpha value is -6.33. The van der Waals surface area contributed by atoms with Gasteiger partial charge in [0.15, 0.2) is 11.3 Å². The van der Waals surface area contributed by atoms with Crippen molar-refractivity contribution in [2.45, 2.75) is 83.9 Å². The Morgan fingerprint density at radius 1 is 0.864 bits per heavy atom. The van der Waals surface area contributed by atoms with Crippen molar-refractivity contribution in [3.8, 4) is 0 Å². The molecule has 2 aliphatic carbocycles. The Labute approximate surface area is 347 Å². The van der Waals surface area contributed by atoms with E-state index in [4.69, 9.17) is 32.9 Å². The lowest BCUT2D eigenvalue weighted by atomic mass is 10.1. The molecule has 2 saturated heterocycles. The van der Waals surface area contributed by atoms with Crippen LogP contribution in [-0.4, -0.2) is 76.6 Å². The fraction of sp³-hybridized carbons (Fsp3) is 0.325. The van der Waals surface area contributed by atoms with Crippen molar-refractivity contribution in [1.29, 1.82) is 0 Å². The molecule has 4 N–H and O–H groups in total. The van der Waals surface area contributed by atoms with Crippen LogP contribution in [0.15, 0.2) is 53.9 Å². The lowest BCUT2D eigenvalue weighted by Gasteiger charge is -2.27. The SMILES string of the molecule is CC(C)(C)OC(=O)N(c1cc(Cl)nc2c(/C=C3\CC(=O)NC3=O)cnn12)C1CC1.Cc1ccc(Cl)cc1Nc1cc(NC2CC2)n2ncc(/C=C3\CC(=O)NC3=O)c2n1. The van der Waals surface area contributed by atoms with E-state index < -0.39 is 17.6 Å². The van der Waals surface area contributed by atoms with Gasteiger partial charge in [0.05, 0.1) is 25.2 Å². The molecule has 19 heteroatoms. The third-order valence-corrected chi connectivity index (χ3v) is 9.97. The lowest BCUT2D eigenvalue weighted by Crippen LogP contribution is -2.39. The van der Waals surface area contributed by atoms with Crippen LogP contribution in [0.3, 0.4) is 0 Å². The predicted octanol–water partition coefficient (Wildman–Crippen LogP) is 6.16. The van der Waals surface area contributed by atoms with E-state index >= 15 is 0 Å². The summed E-state index contributed by atoms with van der Waals surface area (Å²) in [6, 6.07) is 9.51. The molecule has 4 aromatic heterocycles. The van der Waals surface area contributed by atoms with Crippen LogP contribution in [-0.2, 0) is 23.9 Å². The molecule has 0 spiro atoms. The molecule has 2 saturated carbocycles. The van der Waals surface area contributed by atoms with E-state index in [9.17, 15) is 24.0 Å². The van der Waals surface area contributed by atoms with Gasteiger partial charge >= 0.3 is 6.09 Å². The van der Waals surface area contributed by atoms with Crippen LogP contribution in [0.25, 0.3) is 23.4 Å². The van der Waals surface area contributed by atoms with Crippen LogP contribution >= 0.6 is 23.2 Å². The summed E-state index contributed by atoms with van der Waals surface area (Å²) in [4.78, 5) is 70.2. The summed E-state index contributed by atoms with van der Waals surface area (Å²) in [6.45, 7) is 7.40. The van der Waals surface area contributed by atoms with E-state index in [1.807, 2.05) is 31.2 Å². The number of ether oxygens (including phenoxy) is 1. The minimum absolute atomic E-state index is 0.00393. The summed E-state index contributed by atoms with van der Waals surface area (Å²) in [6.07, 6.45) is 9.89. The molecule has 304 valence electrons. The molecule has 0 unspecified atom stereocenters. The third-order valence-electron chi connectivity index (χ3n) is 9.54. The molecular weight excluding hydrogens is 801 g/mol. The van der Waals surface area contributed by atoms with Crippen LogP contribution in [0.1, 0.15) is 76.0 Å². The average Bonchev–Trinajstić information content (AvgIpc) is 4.02. The van der Waals surface area contributed by atoms with Gasteiger partial charge in [0, 0.05) is 57.2 Å². The first-order valence-electron chi connectivity index (χ1n) is 18.9. The molecule has 0 radical (unpaired) electrons. The number of rotatable bonds is 8. The van der Waals surface area contributed by atoms with Gasteiger partial charge in [-0.1, -0.05) is 29.3 Å². The molecular formula is C40H39Cl2N11O6. The number of carbonyl (C=O) groups is 5. The Kier molecular flexibility index (Phi) is 10.3. The van der Waals surface area contributed by atoms with Crippen LogP contribution in [0, 0.1) is 6.92 Å². The first-order chi connectivity index (χ1) is 28.1. The van der Waals surface area contributed by atoms with Crippen LogP contribution in [0.4, 0.5) is 27.9 Å². The fourth-order valence-electron chi connectivity index (χ4n) is 6.45. The second-order valence-electron chi connectivity index (χ2n) is 15.7. The number of anilines is 4. The van der Waals surface area contributed by atoms with Gasteiger partial charge in [0.1, 0.15) is 28.2 Å². The smallest absolute Gasteiger partial charge is 0.416 e. The van der Waals surface area contributed by atoms with Crippen LogP contribution < -0.4 is 26.2 Å². The molecule has 0 atom stereocenters. The van der Waals surface area contributed by atoms with Crippen molar-refractivity contribution >= 4 is 99.5 Å². The summed E-state index contributed by atoms with van der Waals surface area (Å²) >= 11 is 12.4. The molecule has 6 heterocycles. The highest BCUT2D eigenvalue weighted by Crippen LogP contribution is 2.35. The van der Waals surface area contributed by atoms with Crippen molar-refractivity contribution in [1.82, 2.24) is 39.8 Å². The number of nitrogens with one attached hydrogen (secondary N) is 4. The highest BCUT2D eigenvalue weighted by molar-refractivity contribution is 6.31. The molecule has 9 rings (SSSR count). The zero-order chi connectivity index (χ0) is 41.7. The predicted molar refractivity (Wildman–Crippen MR) is 220 cm³/mol. The van der Waals surface area contributed by atoms with Gasteiger partial charge in [-0.2, -0.15) is 19.2 Å². The van der Waals surface area contributed by atoms with Crippen molar-refractivity contribution in [3.05, 3.63) is 80.7 Å². The molecule has 4 aliphatic rings. The average molecular weight is 841 g/mol. The van der Waals surface area contributed by atoms with Gasteiger partial charge in [-0.3, -0.25) is 34.7 Å². The van der Waals surface area contributed by atoms with Crippen molar-refractivity contribution in [3.63, 3.8) is 0 Å². The summed E-state index contributed by atoms with van der Waals surface area (Å²) in [7, 11) is 0. The largest absolute Gasteiger partial charge is 0.443 e. The number of imide groups is 2. The zero-order valence-corrected chi connectivity index (χ0v) is 33.9. The minimum atomic E-state index is -0.651. The third kappa shape index (κ3) is 8.90. The number of fused-ring (bicyclic) bond motifs is 2. The van der Waals surface area contributed by atoms with E-state index in [0.29, 0.717) is 56.3 Å². The Morgan fingerprint density at radius 3 is 2.03 bits per heavy atom. The maximum Gasteiger partial charge on any atom is 0.416 e.